The Hall–Kier alpha value is -1.62. The second-order valence-electron chi connectivity index (χ2n) is 4.31. The van der Waals surface area contributed by atoms with Gasteiger partial charge in [0, 0.05) is 14.1 Å². The Balaban J connectivity index is 2.57. The molecule has 0 radical (unpaired) electrons. The molecular weight excluding hydrogens is 252 g/mol. The maximum atomic E-state index is 12.2. The SMILES string of the molecule is CN(C)S(=O)(=O)N1C[C@H](N)c2ccc(C#N)cc21. The molecule has 0 saturated heterocycles. The van der Waals surface area contributed by atoms with Crippen molar-refractivity contribution in [2.75, 3.05) is 24.9 Å². The fraction of sp³-hybridized carbons (Fsp3) is 0.364. The van der Waals surface area contributed by atoms with Gasteiger partial charge in [0.15, 0.2) is 0 Å². The molecule has 0 aliphatic carbocycles. The second kappa shape index (κ2) is 4.24. The highest BCUT2D eigenvalue weighted by Crippen LogP contribution is 2.36. The van der Waals surface area contributed by atoms with Gasteiger partial charge in [0.25, 0.3) is 0 Å². The van der Waals surface area contributed by atoms with Crippen molar-refractivity contribution in [3.8, 4) is 6.07 Å². The summed E-state index contributed by atoms with van der Waals surface area (Å²) in [6.07, 6.45) is 0. The minimum Gasteiger partial charge on any atom is -0.322 e. The first kappa shape index (κ1) is 12.8. The molecule has 1 heterocycles. The van der Waals surface area contributed by atoms with Crippen molar-refractivity contribution in [3.05, 3.63) is 29.3 Å². The first-order chi connectivity index (χ1) is 8.37. The molecule has 2 rings (SSSR count). The lowest BCUT2D eigenvalue weighted by atomic mass is 10.1. The smallest absolute Gasteiger partial charge is 0.303 e. The molecule has 96 valence electrons. The zero-order valence-corrected chi connectivity index (χ0v) is 11.0. The molecule has 6 nitrogen and oxygen atoms in total. The zero-order chi connectivity index (χ0) is 13.5. The van der Waals surface area contributed by atoms with Crippen LogP contribution < -0.4 is 10.0 Å². The van der Waals surface area contributed by atoms with Crippen molar-refractivity contribution in [3.63, 3.8) is 0 Å². The number of benzene rings is 1. The molecule has 18 heavy (non-hydrogen) atoms. The van der Waals surface area contributed by atoms with Crippen LogP contribution in [0.15, 0.2) is 18.2 Å². The minimum absolute atomic E-state index is 0.199. The predicted octanol–water partition coefficient (Wildman–Crippen LogP) is 0.184. The number of rotatable bonds is 2. The molecular formula is C11H14N4O2S. The average molecular weight is 266 g/mol. The summed E-state index contributed by atoms with van der Waals surface area (Å²) in [7, 11) is -0.640. The van der Waals surface area contributed by atoms with Gasteiger partial charge in [-0.15, -0.1) is 0 Å². The van der Waals surface area contributed by atoms with Gasteiger partial charge in [-0.2, -0.15) is 18.0 Å². The third kappa shape index (κ3) is 1.84. The number of anilines is 1. The van der Waals surface area contributed by atoms with Crippen LogP contribution in [0.1, 0.15) is 17.2 Å². The van der Waals surface area contributed by atoms with E-state index in [0.29, 0.717) is 11.3 Å². The summed E-state index contributed by atoms with van der Waals surface area (Å²) in [5, 5.41) is 8.87. The van der Waals surface area contributed by atoms with Gasteiger partial charge in [-0.1, -0.05) is 6.07 Å². The van der Waals surface area contributed by atoms with Gasteiger partial charge in [0.1, 0.15) is 0 Å². The number of hydrogen-bond acceptors (Lipinski definition) is 4. The van der Waals surface area contributed by atoms with Crippen LogP contribution in [0.25, 0.3) is 0 Å². The van der Waals surface area contributed by atoms with E-state index < -0.39 is 10.2 Å². The second-order valence-corrected chi connectivity index (χ2v) is 6.38. The van der Waals surface area contributed by atoms with Crippen molar-refractivity contribution in [2.45, 2.75) is 6.04 Å². The lowest BCUT2D eigenvalue weighted by molar-refractivity contribution is 0.515. The quantitative estimate of drug-likeness (QED) is 0.827. The zero-order valence-electron chi connectivity index (χ0n) is 10.2. The van der Waals surface area contributed by atoms with Gasteiger partial charge in [-0.25, -0.2) is 0 Å². The number of nitrogens with two attached hydrogens (primary N) is 1. The summed E-state index contributed by atoms with van der Waals surface area (Å²) in [5.74, 6) is 0. The number of nitrogens with zero attached hydrogens (tertiary/aromatic N) is 3. The van der Waals surface area contributed by atoms with Crippen LogP contribution in [0.5, 0.6) is 0 Å². The summed E-state index contributed by atoms with van der Waals surface area (Å²) in [4.78, 5) is 0. The Kier molecular flexibility index (Phi) is 3.02. The highest BCUT2D eigenvalue weighted by Gasteiger charge is 2.35. The molecule has 1 aromatic rings. The summed E-state index contributed by atoms with van der Waals surface area (Å²) in [5.41, 5.74) is 7.58. The van der Waals surface area contributed by atoms with Gasteiger partial charge in [-0.3, -0.25) is 4.31 Å². The van der Waals surface area contributed by atoms with Crippen LogP contribution >= 0.6 is 0 Å². The minimum atomic E-state index is -3.57. The van der Waals surface area contributed by atoms with Crippen LogP contribution in [0.4, 0.5) is 5.69 Å². The molecule has 0 amide bonds. The van der Waals surface area contributed by atoms with Crippen molar-refractivity contribution in [1.82, 2.24) is 4.31 Å². The molecule has 0 fully saturated rings. The summed E-state index contributed by atoms with van der Waals surface area (Å²) >= 11 is 0. The third-order valence-electron chi connectivity index (χ3n) is 2.93. The van der Waals surface area contributed by atoms with E-state index in [1.807, 2.05) is 6.07 Å². The van der Waals surface area contributed by atoms with E-state index in [2.05, 4.69) is 0 Å². The van der Waals surface area contributed by atoms with Gasteiger partial charge >= 0.3 is 10.2 Å². The van der Waals surface area contributed by atoms with Gasteiger partial charge < -0.3 is 5.73 Å². The molecule has 1 atom stereocenters. The molecule has 2 N–H and O–H groups in total. The van der Waals surface area contributed by atoms with E-state index >= 15 is 0 Å². The molecule has 0 spiro atoms. The first-order valence-electron chi connectivity index (χ1n) is 5.37. The number of fused-ring (bicyclic) bond motifs is 1. The van der Waals surface area contributed by atoms with E-state index in [9.17, 15) is 8.42 Å². The fourth-order valence-corrected chi connectivity index (χ4v) is 3.08. The van der Waals surface area contributed by atoms with Crippen molar-refractivity contribution in [1.29, 1.82) is 5.26 Å². The van der Waals surface area contributed by atoms with Crippen molar-refractivity contribution < 1.29 is 8.42 Å². The molecule has 1 aliphatic rings. The van der Waals surface area contributed by atoms with E-state index in [-0.39, 0.29) is 12.6 Å². The predicted molar refractivity (Wildman–Crippen MR) is 68.0 cm³/mol. The Morgan fingerprint density at radius 2 is 2.17 bits per heavy atom. The lowest BCUT2D eigenvalue weighted by Crippen LogP contribution is -2.40. The molecule has 0 aromatic heterocycles. The Bertz CT molecular complexity index is 618. The Labute approximate surface area is 106 Å². The molecule has 0 saturated carbocycles. The number of hydrogen-bond donors (Lipinski definition) is 1. The summed E-state index contributed by atoms with van der Waals surface area (Å²) in [6.45, 7) is 0.199. The van der Waals surface area contributed by atoms with Gasteiger partial charge in [0.2, 0.25) is 0 Å². The Morgan fingerprint density at radius 3 is 2.72 bits per heavy atom. The molecule has 0 unspecified atom stereocenters. The largest absolute Gasteiger partial charge is 0.322 e. The first-order valence-corrected chi connectivity index (χ1v) is 6.77. The van der Waals surface area contributed by atoms with Crippen LogP contribution in [-0.2, 0) is 10.2 Å². The molecule has 1 aromatic carbocycles. The van der Waals surface area contributed by atoms with Gasteiger partial charge in [-0.05, 0) is 17.7 Å². The Morgan fingerprint density at radius 1 is 1.50 bits per heavy atom. The highest BCUT2D eigenvalue weighted by atomic mass is 32.2. The topological polar surface area (TPSA) is 90.4 Å². The molecule has 7 heteroatoms. The van der Waals surface area contributed by atoms with E-state index in [4.69, 9.17) is 11.0 Å². The maximum absolute atomic E-state index is 12.2. The summed E-state index contributed by atoms with van der Waals surface area (Å²) < 4.78 is 26.7. The van der Waals surface area contributed by atoms with Crippen LogP contribution in [0.2, 0.25) is 0 Å². The molecule has 1 aliphatic heterocycles. The average Bonchev–Trinajstić information content (AvgIpc) is 2.66. The van der Waals surface area contributed by atoms with Crippen LogP contribution in [0.3, 0.4) is 0 Å². The van der Waals surface area contributed by atoms with E-state index in [0.717, 1.165) is 9.87 Å². The van der Waals surface area contributed by atoms with Crippen molar-refractivity contribution in [2.24, 2.45) is 5.73 Å². The van der Waals surface area contributed by atoms with Crippen LogP contribution in [0, 0.1) is 11.3 Å². The lowest BCUT2D eigenvalue weighted by Gasteiger charge is -2.23. The van der Waals surface area contributed by atoms with Gasteiger partial charge in [0.05, 0.1) is 29.9 Å². The standard InChI is InChI=1S/C11H14N4O2S/c1-14(2)18(16,17)15-7-10(13)9-4-3-8(6-12)5-11(9)15/h3-5,10H,7,13H2,1-2H3/t10-/m0/s1. The molecule has 0 bridgehead atoms. The van der Waals surface area contributed by atoms with Crippen LogP contribution in [-0.4, -0.2) is 33.4 Å². The normalized spacial score (nSPS) is 18.8. The highest BCUT2D eigenvalue weighted by molar-refractivity contribution is 7.90. The third-order valence-corrected chi connectivity index (χ3v) is 4.76. The van der Waals surface area contributed by atoms with Crippen molar-refractivity contribution >= 4 is 15.9 Å². The monoisotopic (exact) mass is 266 g/mol. The maximum Gasteiger partial charge on any atom is 0.303 e. The summed E-state index contributed by atoms with van der Waals surface area (Å²) in [6, 6.07) is 6.55. The van der Waals surface area contributed by atoms with E-state index in [1.165, 1.54) is 18.4 Å². The number of nitriles is 1. The van der Waals surface area contributed by atoms with E-state index in [1.54, 1.807) is 18.2 Å². The fourth-order valence-electron chi connectivity index (χ4n) is 1.93.